The van der Waals surface area contributed by atoms with Crippen LogP contribution in [-0.4, -0.2) is 16.0 Å². The first-order chi connectivity index (χ1) is 10.7. The number of anilines is 2. The SMILES string of the molecule is NC1Cc2ccc(Nc3ncnc4ccc(I)cc34)cc2C1. The van der Waals surface area contributed by atoms with Gasteiger partial charge in [-0.3, -0.25) is 0 Å². The third kappa shape index (κ3) is 2.55. The largest absolute Gasteiger partial charge is 0.340 e. The molecule has 3 aromatic rings. The van der Waals surface area contributed by atoms with E-state index in [2.05, 4.69) is 68.2 Å². The Labute approximate surface area is 142 Å². The predicted molar refractivity (Wildman–Crippen MR) is 97.4 cm³/mol. The lowest BCUT2D eigenvalue weighted by atomic mass is 10.1. The molecule has 0 radical (unpaired) electrons. The van der Waals surface area contributed by atoms with Crippen LogP contribution < -0.4 is 11.1 Å². The van der Waals surface area contributed by atoms with Crippen molar-refractivity contribution in [2.45, 2.75) is 18.9 Å². The molecule has 4 rings (SSSR count). The summed E-state index contributed by atoms with van der Waals surface area (Å²) in [6.07, 6.45) is 3.53. The summed E-state index contributed by atoms with van der Waals surface area (Å²) in [4.78, 5) is 8.72. The van der Waals surface area contributed by atoms with Crippen LogP contribution in [0.1, 0.15) is 11.1 Å². The highest BCUT2D eigenvalue weighted by Gasteiger charge is 2.18. The normalized spacial score (nSPS) is 16.7. The molecule has 22 heavy (non-hydrogen) atoms. The van der Waals surface area contributed by atoms with E-state index >= 15 is 0 Å². The van der Waals surface area contributed by atoms with Crippen molar-refractivity contribution >= 4 is 45.0 Å². The molecule has 1 unspecified atom stereocenters. The summed E-state index contributed by atoms with van der Waals surface area (Å²) in [6, 6.07) is 12.9. The number of nitrogens with zero attached hydrogens (tertiary/aromatic N) is 2. The highest BCUT2D eigenvalue weighted by Crippen LogP contribution is 2.28. The molecule has 0 fully saturated rings. The lowest BCUT2D eigenvalue weighted by molar-refractivity contribution is 0.721. The summed E-state index contributed by atoms with van der Waals surface area (Å²) in [6.45, 7) is 0. The highest BCUT2D eigenvalue weighted by atomic mass is 127. The Morgan fingerprint density at radius 2 is 1.91 bits per heavy atom. The van der Waals surface area contributed by atoms with Gasteiger partial charge in [-0.15, -0.1) is 0 Å². The summed E-state index contributed by atoms with van der Waals surface area (Å²) >= 11 is 2.30. The van der Waals surface area contributed by atoms with Crippen molar-refractivity contribution in [2.24, 2.45) is 5.73 Å². The molecule has 0 aliphatic heterocycles. The average Bonchev–Trinajstić information content (AvgIpc) is 2.87. The maximum Gasteiger partial charge on any atom is 0.141 e. The molecule has 2 aromatic carbocycles. The highest BCUT2D eigenvalue weighted by molar-refractivity contribution is 14.1. The lowest BCUT2D eigenvalue weighted by Crippen LogP contribution is -2.18. The van der Waals surface area contributed by atoms with Gasteiger partial charge >= 0.3 is 0 Å². The van der Waals surface area contributed by atoms with Crippen molar-refractivity contribution in [1.29, 1.82) is 0 Å². The van der Waals surface area contributed by atoms with E-state index in [1.807, 2.05) is 6.07 Å². The van der Waals surface area contributed by atoms with Gasteiger partial charge in [0.2, 0.25) is 0 Å². The van der Waals surface area contributed by atoms with Crippen LogP contribution in [-0.2, 0) is 12.8 Å². The van der Waals surface area contributed by atoms with Crippen molar-refractivity contribution in [3.8, 4) is 0 Å². The molecule has 0 saturated heterocycles. The van der Waals surface area contributed by atoms with Crippen molar-refractivity contribution in [3.05, 3.63) is 57.4 Å². The van der Waals surface area contributed by atoms with E-state index in [0.717, 1.165) is 35.2 Å². The second kappa shape index (κ2) is 5.48. The first-order valence-electron chi connectivity index (χ1n) is 7.24. The third-order valence-corrected chi connectivity index (χ3v) is 4.70. The van der Waals surface area contributed by atoms with E-state index in [1.165, 1.54) is 14.7 Å². The van der Waals surface area contributed by atoms with E-state index in [9.17, 15) is 0 Å². The van der Waals surface area contributed by atoms with E-state index < -0.39 is 0 Å². The summed E-state index contributed by atoms with van der Waals surface area (Å²) in [7, 11) is 0. The minimum absolute atomic E-state index is 0.256. The van der Waals surface area contributed by atoms with E-state index in [0.29, 0.717) is 0 Å². The zero-order chi connectivity index (χ0) is 15.1. The molecule has 1 aliphatic rings. The second-order valence-corrected chi connectivity index (χ2v) is 6.91. The van der Waals surface area contributed by atoms with Crippen LogP contribution in [0.25, 0.3) is 10.9 Å². The molecule has 5 heteroatoms. The van der Waals surface area contributed by atoms with Gasteiger partial charge in [0.1, 0.15) is 12.1 Å². The second-order valence-electron chi connectivity index (χ2n) is 5.66. The molecular weight excluding hydrogens is 387 g/mol. The summed E-state index contributed by atoms with van der Waals surface area (Å²) < 4.78 is 1.17. The van der Waals surface area contributed by atoms with E-state index in [4.69, 9.17) is 5.73 Å². The summed E-state index contributed by atoms with van der Waals surface area (Å²) in [5.74, 6) is 0.839. The third-order valence-electron chi connectivity index (χ3n) is 4.03. The van der Waals surface area contributed by atoms with Crippen LogP contribution in [0.2, 0.25) is 0 Å². The Morgan fingerprint density at radius 3 is 2.82 bits per heavy atom. The molecule has 1 atom stereocenters. The zero-order valence-electron chi connectivity index (χ0n) is 11.9. The Morgan fingerprint density at radius 1 is 1.05 bits per heavy atom. The standard InChI is InChI=1S/C17H15IN4/c18-12-2-4-16-15(8-12)17(21-9-20-16)22-14-3-1-10-5-13(19)6-11(10)7-14/h1-4,7-9,13H,5-6,19H2,(H,20,21,22). The van der Waals surface area contributed by atoms with Gasteiger partial charge in [0, 0.05) is 20.7 Å². The topological polar surface area (TPSA) is 63.8 Å². The first-order valence-corrected chi connectivity index (χ1v) is 8.31. The molecule has 3 N–H and O–H groups in total. The number of rotatable bonds is 2. The monoisotopic (exact) mass is 402 g/mol. The van der Waals surface area contributed by atoms with Crippen molar-refractivity contribution < 1.29 is 0 Å². The Kier molecular flexibility index (Phi) is 3.46. The number of fused-ring (bicyclic) bond motifs is 2. The quantitative estimate of drug-likeness (QED) is 0.645. The van der Waals surface area contributed by atoms with Gasteiger partial charge in [-0.1, -0.05) is 6.07 Å². The number of hydrogen-bond donors (Lipinski definition) is 2. The van der Waals surface area contributed by atoms with Crippen LogP contribution in [0, 0.1) is 3.57 Å². The molecule has 1 heterocycles. The van der Waals surface area contributed by atoms with Gasteiger partial charge in [-0.25, -0.2) is 9.97 Å². The van der Waals surface area contributed by atoms with Crippen LogP contribution in [0.4, 0.5) is 11.5 Å². The molecular formula is C17H15IN4. The van der Waals surface area contributed by atoms with Gasteiger partial charge in [0.05, 0.1) is 5.52 Å². The molecule has 0 bridgehead atoms. The fourth-order valence-electron chi connectivity index (χ4n) is 3.00. The first kappa shape index (κ1) is 13.9. The van der Waals surface area contributed by atoms with Gasteiger partial charge in [0.25, 0.3) is 0 Å². The summed E-state index contributed by atoms with van der Waals surface area (Å²) in [5, 5.41) is 4.46. The maximum absolute atomic E-state index is 6.04. The molecule has 4 nitrogen and oxygen atoms in total. The number of nitrogens with two attached hydrogens (primary N) is 1. The predicted octanol–water partition coefficient (Wildman–Crippen LogP) is 3.40. The Hall–Kier alpha value is -1.73. The number of hydrogen-bond acceptors (Lipinski definition) is 4. The lowest BCUT2D eigenvalue weighted by Gasteiger charge is -2.10. The van der Waals surface area contributed by atoms with E-state index in [1.54, 1.807) is 6.33 Å². The van der Waals surface area contributed by atoms with Gasteiger partial charge in [-0.2, -0.15) is 0 Å². The van der Waals surface area contributed by atoms with Crippen LogP contribution in [0.15, 0.2) is 42.7 Å². The molecule has 0 amide bonds. The maximum atomic E-state index is 6.04. The average molecular weight is 402 g/mol. The minimum Gasteiger partial charge on any atom is -0.340 e. The molecule has 110 valence electrons. The fourth-order valence-corrected chi connectivity index (χ4v) is 3.49. The molecule has 1 aromatic heterocycles. The van der Waals surface area contributed by atoms with Crippen LogP contribution >= 0.6 is 22.6 Å². The summed E-state index contributed by atoms with van der Waals surface area (Å²) in [5.41, 5.74) is 10.7. The van der Waals surface area contributed by atoms with Crippen molar-refractivity contribution in [2.75, 3.05) is 5.32 Å². The molecule has 0 spiro atoms. The van der Waals surface area contributed by atoms with Crippen LogP contribution in [0.5, 0.6) is 0 Å². The van der Waals surface area contributed by atoms with Gasteiger partial charge in [0.15, 0.2) is 0 Å². The van der Waals surface area contributed by atoms with Gasteiger partial charge in [-0.05, 0) is 76.9 Å². The van der Waals surface area contributed by atoms with Crippen molar-refractivity contribution in [3.63, 3.8) is 0 Å². The number of halogens is 1. The van der Waals surface area contributed by atoms with Crippen molar-refractivity contribution in [1.82, 2.24) is 9.97 Å². The van der Waals surface area contributed by atoms with E-state index in [-0.39, 0.29) is 6.04 Å². The fraction of sp³-hybridized carbons (Fsp3) is 0.176. The molecule has 1 aliphatic carbocycles. The molecule has 0 saturated carbocycles. The Balaban J connectivity index is 1.72. The number of benzene rings is 2. The zero-order valence-corrected chi connectivity index (χ0v) is 14.0. The Bertz CT molecular complexity index is 862. The van der Waals surface area contributed by atoms with Gasteiger partial charge < -0.3 is 11.1 Å². The number of nitrogens with one attached hydrogen (secondary N) is 1. The smallest absolute Gasteiger partial charge is 0.141 e. The number of aromatic nitrogens is 2. The minimum atomic E-state index is 0.256. The van der Waals surface area contributed by atoms with Crippen LogP contribution in [0.3, 0.4) is 0 Å².